The van der Waals surface area contributed by atoms with Crippen LogP contribution in [0.4, 0.5) is 0 Å². The molecule has 5 nitrogen and oxygen atoms in total. The van der Waals surface area contributed by atoms with Gasteiger partial charge in [0.2, 0.25) is 0 Å². The Morgan fingerprint density at radius 2 is 2.15 bits per heavy atom. The van der Waals surface area contributed by atoms with Crippen molar-refractivity contribution in [2.75, 3.05) is 32.7 Å². The lowest BCUT2D eigenvalue weighted by Gasteiger charge is -2.42. The largest absolute Gasteiger partial charge is 0.331 e. The van der Waals surface area contributed by atoms with E-state index in [2.05, 4.69) is 47.0 Å². The Kier molecular flexibility index (Phi) is 5.18. The summed E-state index contributed by atoms with van der Waals surface area (Å²) in [5.74, 6) is 0. The third-order valence-electron chi connectivity index (χ3n) is 4.46. The van der Waals surface area contributed by atoms with Gasteiger partial charge >= 0.3 is 0 Å². The molecule has 1 aromatic rings. The molecule has 2 heterocycles. The molecule has 0 aliphatic carbocycles. The summed E-state index contributed by atoms with van der Waals surface area (Å²) in [5.41, 5.74) is 7.33. The van der Waals surface area contributed by atoms with Crippen molar-refractivity contribution in [3.05, 3.63) is 18.2 Å². The number of aromatic nitrogens is 2. The van der Waals surface area contributed by atoms with E-state index in [1.807, 2.05) is 12.5 Å². The van der Waals surface area contributed by atoms with Gasteiger partial charge in [0.05, 0.1) is 18.1 Å². The average molecular weight is 279 g/mol. The quantitative estimate of drug-likeness (QED) is 0.887. The number of imidazole rings is 1. The third-order valence-corrected chi connectivity index (χ3v) is 4.46. The minimum atomic E-state index is 0.279. The van der Waals surface area contributed by atoms with Gasteiger partial charge in [-0.3, -0.25) is 9.80 Å². The number of rotatable bonds is 5. The lowest BCUT2D eigenvalue weighted by Crippen LogP contribution is -2.53. The summed E-state index contributed by atoms with van der Waals surface area (Å²) in [6.07, 6.45) is 3.91. The fourth-order valence-corrected chi connectivity index (χ4v) is 3.24. The van der Waals surface area contributed by atoms with Gasteiger partial charge in [-0.25, -0.2) is 4.98 Å². The summed E-state index contributed by atoms with van der Waals surface area (Å²) in [6.45, 7) is 14.0. The Balaban J connectivity index is 2.14. The maximum Gasteiger partial charge on any atom is 0.0951 e. The zero-order chi connectivity index (χ0) is 14.7. The van der Waals surface area contributed by atoms with Crippen molar-refractivity contribution in [2.45, 2.75) is 45.8 Å². The van der Waals surface area contributed by atoms with Gasteiger partial charge in [0.1, 0.15) is 0 Å². The van der Waals surface area contributed by atoms with Crippen LogP contribution in [0.1, 0.15) is 45.5 Å². The minimum absolute atomic E-state index is 0.279. The molecule has 1 fully saturated rings. The van der Waals surface area contributed by atoms with Crippen LogP contribution in [0.2, 0.25) is 0 Å². The maximum atomic E-state index is 6.08. The number of nitrogens with zero attached hydrogens (tertiary/aromatic N) is 4. The van der Waals surface area contributed by atoms with Crippen molar-refractivity contribution >= 4 is 0 Å². The van der Waals surface area contributed by atoms with Crippen LogP contribution in [0.25, 0.3) is 0 Å². The Hall–Kier alpha value is -0.910. The molecule has 1 aliphatic heterocycles. The predicted octanol–water partition coefficient (Wildman–Crippen LogP) is 1.49. The Bertz CT molecular complexity index is 414. The molecule has 1 aliphatic rings. The number of hydrogen-bond acceptors (Lipinski definition) is 4. The molecule has 20 heavy (non-hydrogen) atoms. The topological polar surface area (TPSA) is 50.3 Å². The molecule has 0 amide bonds. The average Bonchev–Trinajstić information content (AvgIpc) is 2.89. The van der Waals surface area contributed by atoms with E-state index in [1.165, 1.54) is 5.69 Å². The first-order valence-corrected chi connectivity index (χ1v) is 7.78. The molecule has 1 saturated heterocycles. The van der Waals surface area contributed by atoms with Gasteiger partial charge in [-0.05, 0) is 27.3 Å². The molecule has 2 unspecified atom stereocenters. The second-order valence-electron chi connectivity index (χ2n) is 6.04. The van der Waals surface area contributed by atoms with E-state index in [-0.39, 0.29) is 6.04 Å². The normalized spacial score (nSPS) is 23.4. The van der Waals surface area contributed by atoms with Gasteiger partial charge in [0.25, 0.3) is 0 Å². The van der Waals surface area contributed by atoms with Crippen LogP contribution >= 0.6 is 0 Å². The Morgan fingerprint density at radius 3 is 2.70 bits per heavy atom. The zero-order valence-electron chi connectivity index (χ0n) is 13.3. The number of piperazine rings is 1. The fraction of sp³-hybridized carbons (Fsp3) is 0.800. The highest BCUT2D eigenvalue weighted by Gasteiger charge is 2.29. The SMILES string of the molecule is CCN1CCN(C(CN)c2cncn2C(C)C)CC1C. The molecule has 0 saturated carbocycles. The van der Waals surface area contributed by atoms with Gasteiger partial charge in [0.15, 0.2) is 0 Å². The van der Waals surface area contributed by atoms with Crippen LogP contribution in [0.3, 0.4) is 0 Å². The van der Waals surface area contributed by atoms with Crippen molar-refractivity contribution in [3.63, 3.8) is 0 Å². The molecule has 0 spiro atoms. The van der Waals surface area contributed by atoms with E-state index in [4.69, 9.17) is 5.73 Å². The zero-order valence-corrected chi connectivity index (χ0v) is 13.3. The van der Waals surface area contributed by atoms with Crippen molar-refractivity contribution in [3.8, 4) is 0 Å². The van der Waals surface area contributed by atoms with E-state index in [9.17, 15) is 0 Å². The van der Waals surface area contributed by atoms with Gasteiger partial charge < -0.3 is 10.3 Å². The molecule has 1 aromatic heterocycles. The van der Waals surface area contributed by atoms with E-state index >= 15 is 0 Å². The highest BCUT2D eigenvalue weighted by Crippen LogP contribution is 2.24. The van der Waals surface area contributed by atoms with Crippen LogP contribution in [-0.2, 0) is 0 Å². The molecule has 5 heteroatoms. The maximum absolute atomic E-state index is 6.08. The monoisotopic (exact) mass is 279 g/mol. The summed E-state index contributed by atoms with van der Waals surface area (Å²) in [6, 6.07) is 1.30. The lowest BCUT2D eigenvalue weighted by molar-refractivity contribution is 0.0581. The highest BCUT2D eigenvalue weighted by molar-refractivity contribution is 5.08. The van der Waals surface area contributed by atoms with Gasteiger partial charge in [-0.1, -0.05) is 6.92 Å². The molecular weight excluding hydrogens is 250 g/mol. The second kappa shape index (κ2) is 6.70. The second-order valence-corrected chi connectivity index (χ2v) is 6.04. The van der Waals surface area contributed by atoms with Crippen LogP contribution < -0.4 is 5.73 Å². The molecular formula is C15H29N5. The smallest absolute Gasteiger partial charge is 0.0951 e. The first kappa shape index (κ1) is 15.5. The molecule has 114 valence electrons. The molecule has 2 atom stereocenters. The lowest BCUT2D eigenvalue weighted by atomic mass is 10.1. The van der Waals surface area contributed by atoms with Crippen LogP contribution in [0.5, 0.6) is 0 Å². The highest BCUT2D eigenvalue weighted by atomic mass is 15.3. The molecule has 0 radical (unpaired) electrons. The van der Waals surface area contributed by atoms with Gasteiger partial charge in [-0.2, -0.15) is 0 Å². The third kappa shape index (κ3) is 3.05. The van der Waals surface area contributed by atoms with E-state index in [0.717, 1.165) is 26.2 Å². The fourth-order valence-electron chi connectivity index (χ4n) is 3.24. The van der Waals surface area contributed by atoms with Gasteiger partial charge in [-0.15, -0.1) is 0 Å². The summed E-state index contributed by atoms with van der Waals surface area (Å²) in [5, 5.41) is 0. The first-order valence-electron chi connectivity index (χ1n) is 7.78. The van der Waals surface area contributed by atoms with Crippen LogP contribution in [-0.4, -0.2) is 58.1 Å². The Morgan fingerprint density at radius 1 is 1.40 bits per heavy atom. The summed E-state index contributed by atoms with van der Waals surface area (Å²) in [4.78, 5) is 9.38. The van der Waals surface area contributed by atoms with Crippen molar-refractivity contribution in [1.82, 2.24) is 19.4 Å². The summed E-state index contributed by atoms with van der Waals surface area (Å²) < 4.78 is 2.24. The number of nitrogens with two attached hydrogens (primary N) is 1. The number of likely N-dealkylation sites (N-methyl/N-ethyl adjacent to an activating group) is 1. The molecule has 2 N–H and O–H groups in total. The predicted molar refractivity (Wildman–Crippen MR) is 82.7 cm³/mol. The van der Waals surface area contributed by atoms with Crippen molar-refractivity contribution in [2.24, 2.45) is 5.73 Å². The minimum Gasteiger partial charge on any atom is -0.331 e. The van der Waals surface area contributed by atoms with Gasteiger partial charge in [0, 0.05) is 44.5 Å². The number of hydrogen-bond donors (Lipinski definition) is 1. The van der Waals surface area contributed by atoms with E-state index < -0.39 is 0 Å². The molecule has 0 aromatic carbocycles. The standard InChI is InChI=1S/C15H29N5/c1-5-18-6-7-19(10-13(18)4)14(8-16)15-9-17-11-20(15)12(2)3/h9,11-14H,5-8,10,16H2,1-4H3. The molecule has 2 rings (SSSR count). The van der Waals surface area contributed by atoms with E-state index in [1.54, 1.807) is 0 Å². The summed E-state index contributed by atoms with van der Waals surface area (Å²) in [7, 11) is 0. The molecule has 0 bridgehead atoms. The Labute approximate surface area is 122 Å². The summed E-state index contributed by atoms with van der Waals surface area (Å²) >= 11 is 0. The first-order chi connectivity index (χ1) is 9.58. The van der Waals surface area contributed by atoms with Crippen molar-refractivity contribution < 1.29 is 0 Å². The van der Waals surface area contributed by atoms with E-state index in [0.29, 0.717) is 18.6 Å². The van der Waals surface area contributed by atoms with Crippen LogP contribution in [0, 0.1) is 0 Å². The van der Waals surface area contributed by atoms with Crippen LogP contribution in [0.15, 0.2) is 12.5 Å². The van der Waals surface area contributed by atoms with Crippen molar-refractivity contribution in [1.29, 1.82) is 0 Å².